The van der Waals surface area contributed by atoms with Crippen LogP contribution in [-0.4, -0.2) is 48.7 Å². The normalized spacial score (nSPS) is 20.8. The molecule has 6 heteroatoms. The summed E-state index contributed by atoms with van der Waals surface area (Å²) >= 11 is 3.60. The van der Waals surface area contributed by atoms with Crippen molar-refractivity contribution < 1.29 is 5.21 Å². The lowest BCUT2D eigenvalue weighted by molar-refractivity contribution is 0.248. The zero-order valence-electron chi connectivity index (χ0n) is 12.0. The van der Waals surface area contributed by atoms with E-state index in [2.05, 4.69) is 30.9 Å². The van der Waals surface area contributed by atoms with Gasteiger partial charge in [-0.25, -0.2) is 0 Å². The molecule has 0 amide bonds. The molecule has 5 nitrogen and oxygen atoms in total. The third-order valence-corrected chi connectivity index (χ3v) is 4.91. The molecule has 1 aromatic carbocycles. The highest BCUT2D eigenvalue weighted by Gasteiger charge is 2.26. The Morgan fingerprint density at radius 1 is 1.29 bits per heavy atom. The van der Waals surface area contributed by atoms with Gasteiger partial charge >= 0.3 is 0 Å². The summed E-state index contributed by atoms with van der Waals surface area (Å²) in [5.41, 5.74) is 7.52. The molecule has 21 heavy (non-hydrogen) atoms. The van der Waals surface area contributed by atoms with Crippen LogP contribution in [0.25, 0.3) is 0 Å². The van der Waals surface area contributed by atoms with Gasteiger partial charge in [-0.1, -0.05) is 5.16 Å². The molecule has 0 bridgehead atoms. The van der Waals surface area contributed by atoms with Gasteiger partial charge in [-0.2, -0.15) is 0 Å². The Hall–Kier alpha value is -1.27. The van der Waals surface area contributed by atoms with Crippen molar-refractivity contribution in [2.45, 2.75) is 12.8 Å². The van der Waals surface area contributed by atoms with E-state index in [-0.39, 0.29) is 5.84 Å². The largest absolute Gasteiger partial charge is 0.409 e. The first-order chi connectivity index (χ1) is 10.2. The van der Waals surface area contributed by atoms with E-state index in [1.54, 1.807) is 0 Å². The van der Waals surface area contributed by atoms with E-state index in [4.69, 9.17) is 10.9 Å². The minimum absolute atomic E-state index is 0.136. The van der Waals surface area contributed by atoms with Crippen molar-refractivity contribution in [3.05, 3.63) is 28.2 Å². The van der Waals surface area contributed by atoms with Crippen molar-refractivity contribution in [3.8, 4) is 0 Å². The molecule has 114 valence electrons. The lowest BCUT2D eigenvalue weighted by Gasteiger charge is -2.36. The van der Waals surface area contributed by atoms with Crippen molar-refractivity contribution in [1.82, 2.24) is 4.90 Å². The Bertz CT molecular complexity index is 536. The van der Waals surface area contributed by atoms with Gasteiger partial charge < -0.3 is 15.8 Å². The van der Waals surface area contributed by atoms with Gasteiger partial charge in [0.15, 0.2) is 5.84 Å². The van der Waals surface area contributed by atoms with Gasteiger partial charge in [0.1, 0.15) is 0 Å². The molecule has 1 saturated carbocycles. The molecule has 1 saturated heterocycles. The van der Waals surface area contributed by atoms with E-state index in [1.165, 1.54) is 25.1 Å². The molecule has 2 aliphatic rings. The first kappa shape index (κ1) is 14.7. The maximum Gasteiger partial charge on any atom is 0.170 e. The number of oxime groups is 1. The van der Waals surface area contributed by atoms with Gasteiger partial charge in [-0.15, -0.1) is 0 Å². The molecule has 3 N–H and O–H groups in total. The van der Waals surface area contributed by atoms with Crippen LogP contribution in [0.2, 0.25) is 0 Å². The number of hydrogen-bond acceptors (Lipinski definition) is 4. The molecule has 2 fully saturated rings. The Kier molecular flexibility index (Phi) is 4.35. The predicted octanol–water partition coefficient (Wildman–Crippen LogP) is 2.08. The smallest absolute Gasteiger partial charge is 0.170 e. The number of piperazine rings is 1. The van der Waals surface area contributed by atoms with Crippen LogP contribution < -0.4 is 10.6 Å². The van der Waals surface area contributed by atoms with Crippen LogP contribution in [0.1, 0.15) is 18.4 Å². The average Bonchev–Trinajstić information content (AvgIpc) is 3.31. The van der Waals surface area contributed by atoms with Gasteiger partial charge in [0, 0.05) is 42.8 Å². The number of amidine groups is 1. The third kappa shape index (κ3) is 3.49. The average molecular weight is 353 g/mol. The van der Waals surface area contributed by atoms with Crippen LogP contribution in [0.4, 0.5) is 5.69 Å². The zero-order chi connectivity index (χ0) is 14.8. The maximum atomic E-state index is 8.74. The number of benzene rings is 1. The van der Waals surface area contributed by atoms with Crippen LogP contribution >= 0.6 is 15.9 Å². The summed E-state index contributed by atoms with van der Waals surface area (Å²) in [6, 6.07) is 5.83. The van der Waals surface area contributed by atoms with Crippen molar-refractivity contribution in [1.29, 1.82) is 0 Å². The second kappa shape index (κ2) is 6.23. The molecular weight excluding hydrogens is 332 g/mol. The van der Waals surface area contributed by atoms with Crippen LogP contribution in [-0.2, 0) is 0 Å². The monoisotopic (exact) mass is 352 g/mol. The molecule has 0 aromatic heterocycles. The standard InChI is InChI=1S/C15H21BrN4O/c16-13-9-12(15(17)18-21)3-4-14(13)20-7-5-19(6-8-20)10-11-1-2-11/h3-4,9,11,21H,1-2,5-8,10H2,(H2,17,18). The van der Waals surface area contributed by atoms with E-state index in [9.17, 15) is 0 Å². The summed E-state index contributed by atoms with van der Waals surface area (Å²) in [4.78, 5) is 4.97. The highest BCUT2D eigenvalue weighted by Crippen LogP contribution is 2.31. The lowest BCUT2D eigenvalue weighted by atomic mass is 10.1. The van der Waals surface area contributed by atoms with Crippen LogP contribution in [0.3, 0.4) is 0 Å². The fourth-order valence-electron chi connectivity index (χ4n) is 2.82. The predicted molar refractivity (Wildman–Crippen MR) is 88.0 cm³/mol. The molecule has 1 aliphatic heterocycles. The zero-order valence-corrected chi connectivity index (χ0v) is 13.6. The first-order valence-electron chi connectivity index (χ1n) is 7.42. The fourth-order valence-corrected chi connectivity index (χ4v) is 3.45. The van der Waals surface area contributed by atoms with Crippen molar-refractivity contribution >= 4 is 27.5 Å². The van der Waals surface area contributed by atoms with Gasteiger partial charge in [0.05, 0.1) is 5.69 Å². The van der Waals surface area contributed by atoms with E-state index in [0.29, 0.717) is 0 Å². The van der Waals surface area contributed by atoms with Gasteiger partial charge in [0.25, 0.3) is 0 Å². The second-order valence-electron chi connectivity index (χ2n) is 5.88. The highest BCUT2D eigenvalue weighted by molar-refractivity contribution is 9.10. The molecule has 1 aromatic rings. The molecule has 1 heterocycles. The van der Waals surface area contributed by atoms with Gasteiger partial charge in [0.2, 0.25) is 0 Å². The summed E-state index contributed by atoms with van der Waals surface area (Å²) in [5.74, 6) is 1.10. The number of anilines is 1. The summed E-state index contributed by atoms with van der Waals surface area (Å²) in [6.45, 7) is 5.63. The topological polar surface area (TPSA) is 65.1 Å². The Balaban J connectivity index is 1.64. The Labute approximate surface area is 133 Å². The Morgan fingerprint density at radius 3 is 2.57 bits per heavy atom. The molecule has 0 unspecified atom stereocenters. The van der Waals surface area contributed by atoms with E-state index in [0.717, 1.165) is 42.1 Å². The summed E-state index contributed by atoms with van der Waals surface area (Å²) in [5, 5.41) is 11.8. The number of nitrogens with zero attached hydrogens (tertiary/aromatic N) is 3. The fraction of sp³-hybridized carbons (Fsp3) is 0.533. The minimum atomic E-state index is 0.136. The lowest BCUT2D eigenvalue weighted by Crippen LogP contribution is -2.47. The summed E-state index contributed by atoms with van der Waals surface area (Å²) in [6.07, 6.45) is 2.84. The molecule has 0 spiro atoms. The SMILES string of the molecule is N/C(=N/O)c1ccc(N2CCN(CC3CC3)CC2)c(Br)c1. The molecule has 1 aliphatic carbocycles. The molecular formula is C15H21BrN4O. The number of rotatable bonds is 4. The van der Waals surface area contributed by atoms with Crippen LogP contribution in [0, 0.1) is 5.92 Å². The van der Waals surface area contributed by atoms with Crippen molar-refractivity contribution in [2.24, 2.45) is 16.8 Å². The van der Waals surface area contributed by atoms with E-state index < -0.39 is 0 Å². The van der Waals surface area contributed by atoms with Gasteiger partial charge in [-0.05, 0) is 52.9 Å². The quantitative estimate of drug-likeness (QED) is 0.377. The number of hydrogen-bond donors (Lipinski definition) is 2. The minimum Gasteiger partial charge on any atom is -0.409 e. The van der Waals surface area contributed by atoms with E-state index >= 15 is 0 Å². The van der Waals surface area contributed by atoms with Crippen molar-refractivity contribution in [3.63, 3.8) is 0 Å². The second-order valence-corrected chi connectivity index (χ2v) is 6.74. The van der Waals surface area contributed by atoms with Crippen LogP contribution in [0.15, 0.2) is 27.8 Å². The summed E-state index contributed by atoms with van der Waals surface area (Å²) < 4.78 is 0.988. The molecule has 3 rings (SSSR count). The third-order valence-electron chi connectivity index (χ3n) is 4.28. The Morgan fingerprint density at radius 2 is 2.00 bits per heavy atom. The maximum absolute atomic E-state index is 8.74. The number of nitrogens with two attached hydrogens (primary N) is 1. The molecule has 0 atom stereocenters. The summed E-state index contributed by atoms with van der Waals surface area (Å²) in [7, 11) is 0. The van der Waals surface area contributed by atoms with E-state index in [1.807, 2.05) is 18.2 Å². The molecule has 0 radical (unpaired) electrons. The van der Waals surface area contributed by atoms with Crippen molar-refractivity contribution in [2.75, 3.05) is 37.6 Å². The van der Waals surface area contributed by atoms with Crippen LogP contribution in [0.5, 0.6) is 0 Å². The highest BCUT2D eigenvalue weighted by atomic mass is 79.9. The first-order valence-corrected chi connectivity index (χ1v) is 8.21. The number of halogens is 1. The van der Waals surface area contributed by atoms with Gasteiger partial charge in [-0.3, -0.25) is 4.90 Å².